The van der Waals surface area contributed by atoms with Crippen LogP contribution >= 0.6 is 0 Å². The summed E-state index contributed by atoms with van der Waals surface area (Å²) in [6.07, 6.45) is 1.61. The van der Waals surface area contributed by atoms with E-state index in [9.17, 15) is 4.79 Å². The third-order valence-corrected chi connectivity index (χ3v) is 3.92. The molecule has 0 radical (unpaired) electrons. The van der Waals surface area contributed by atoms with Crippen molar-refractivity contribution in [1.29, 1.82) is 0 Å². The van der Waals surface area contributed by atoms with Crippen LogP contribution in [0.3, 0.4) is 0 Å². The van der Waals surface area contributed by atoms with Crippen LogP contribution in [0.25, 0.3) is 0 Å². The maximum absolute atomic E-state index is 12.7. The fourth-order valence-electron chi connectivity index (χ4n) is 2.73. The summed E-state index contributed by atoms with van der Waals surface area (Å²) in [4.78, 5) is 18.7. The lowest BCUT2D eigenvalue weighted by atomic mass is 10.1. The maximum Gasteiger partial charge on any atom is 0.254 e. The zero-order valence-electron chi connectivity index (χ0n) is 14.1. The number of hydrogen-bond donors (Lipinski definition) is 0. The first-order valence-corrected chi connectivity index (χ1v) is 8.09. The summed E-state index contributed by atoms with van der Waals surface area (Å²) in [7, 11) is 0. The molecule has 1 aliphatic rings. The van der Waals surface area contributed by atoms with Gasteiger partial charge in [-0.15, -0.1) is 0 Å². The van der Waals surface area contributed by atoms with E-state index in [1.807, 2.05) is 49.1 Å². The lowest BCUT2D eigenvalue weighted by Crippen LogP contribution is -2.50. The molecule has 3 rings (SSSR count). The van der Waals surface area contributed by atoms with Gasteiger partial charge in [-0.1, -0.05) is 30.3 Å². The number of pyridine rings is 1. The van der Waals surface area contributed by atoms with Gasteiger partial charge in [0.15, 0.2) is 0 Å². The lowest BCUT2D eigenvalue weighted by Gasteiger charge is -2.38. The lowest BCUT2D eigenvalue weighted by molar-refractivity contribution is -0.0764. The topological polar surface area (TPSA) is 51.7 Å². The zero-order valence-corrected chi connectivity index (χ0v) is 14.1. The first-order chi connectivity index (χ1) is 11.5. The number of benzene rings is 1. The van der Waals surface area contributed by atoms with Crippen LogP contribution < -0.4 is 4.74 Å². The van der Waals surface area contributed by atoms with E-state index in [0.717, 1.165) is 5.56 Å². The molecule has 1 aromatic heterocycles. The van der Waals surface area contributed by atoms with Crippen molar-refractivity contribution in [3.8, 4) is 5.88 Å². The van der Waals surface area contributed by atoms with Gasteiger partial charge in [0.25, 0.3) is 5.91 Å². The van der Waals surface area contributed by atoms with Crippen molar-refractivity contribution in [3.63, 3.8) is 0 Å². The van der Waals surface area contributed by atoms with Gasteiger partial charge in [-0.05, 0) is 25.5 Å². The minimum Gasteiger partial charge on any atom is -0.473 e. The van der Waals surface area contributed by atoms with Crippen molar-refractivity contribution < 1.29 is 14.3 Å². The van der Waals surface area contributed by atoms with Gasteiger partial charge >= 0.3 is 0 Å². The minimum atomic E-state index is -0.312. The van der Waals surface area contributed by atoms with E-state index < -0.39 is 0 Å². The molecule has 0 aliphatic carbocycles. The Morgan fingerprint density at radius 1 is 1.29 bits per heavy atom. The maximum atomic E-state index is 12.7. The molecular weight excluding hydrogens is 304 g/mol. The molecule has 2 aromatic rings. The predicted molar refractivity (Wildman–Crippen MR) is 90.9 cm³/mol. The van der Waals surface area contributed by atoms with Gasteiger partial charge in [-0.3, -0.25) is 4.79 Å². The van der Waals surface area contributed by atoms with E-state index in [1.54, 1.807) is 18.3 Å². The van der Waals surface area contributed by atoms with E-state index in [4.69, 9.17) is 9.47 Å². The standard InChI is InChI=1S/C19H22N2O3/c1-19(2)14-21(10-11-24-19)18(22)16-8-9-20-17(12-16)23-13-15-6-4-3-5-7-15/h3-9,12H,10-11,13-14H2,1-2H3. The summed E-state index contributed by atoms with van der Waals surface area (Å²) in [6, 6.07) is 13.3. The molecule has 1 fully saturated rings. The van der Waals surface area contributed by atoms with E-state index in [-0.39, 0.29) is 11.5 Å². The molecule has 0 saturated carbocycles. The normalized spacial score (nSPS) is 16.7. The Labute approximate surface area is 142 Å². The molecular formula is C19H22N2O3. The molecule has 5 nitrogen and oxygen atoms in total. The largest absolute Gasteiger partial charge is 0.473 e. The number of nitrogens with zero attached hydrogens (tertiary/aromatic N) is 2. The Morgan fingerprint density at radius 2 is 2.08 bits per heavy atom. The highest BCUT2D eigenvalue weighted by Crippen LogP contribution is 2.20. The summed E-state index contributed by atoms with van der Waals surface area (Å²) < 4.78 is 11.4. The highest BCUT2D eigenvalue weighted by molar-refractivity contribution is 5.94. The summed E-state index contributed by atoms with van der Waals surface area (Å²) in [5.74, 6) is 0.440. The zero-order chi connectivity index (χ0) is 17.0. The van der Waals surface area contributed by atoms with Crippen LogP contribution in [0.5, 0.6) is 5.88 Å². The van der Waals surface area contributed by atoms with Gasteiger partial charge < -0.3 is 14.4 Å². The number of aromatic nitrogens is 1. The smallest absolute Gasteiger partial charge is 0.254 e. The molecule has 0 spiro atoms. The first kappa shape index (κ1) is 16.5. The second kappa shape index (κ2) is 7.01. The number of carbonyl (C=O) groups is 1. The van der Waals surface area contributed by atoms with Crippen LogP contribution in [0, 0.1) is 0 Å². The molecule has 0 unspecified atom stereocenters. The van der Waals surface area contributed by atoms with Gasteiger partial charge in [-0.2, -0.15) is 0 Å². The summed E-state index contributed by atoms with van der Waals surface area (Å²) in [6.45, 7) is 6.15. The molecule has 1 amide bonds. The van der Waals surface area contributed by atoms with Gasteiger partial charge in [0, 0.05) is 30.9 Å². The molecule has 1 aromatic carbocycles. The highest BCUT2D eigenvalue weighted by Gasteiger charge is 2.30. The Hall–Kier alpha value is -2.40. The van der Waals surface area contributed by atoms with Crippen molar-refractivity contribution in [2.45, 2.75) is 26.1 Å². The Bertz CT molecular complexity index is 701. The summed E-state index contributed by atoms with van der Waals surface area (Å²) in [5.41, 5.74) is 1.34. The van der Waals surface area contributed by atoms with Crippen LogP contribution in [-0.4, -0.2) is 41.1 Å². The Kier molecular flexibility index (Phi) is 4.81. The monoisotopic (exact) mass is 326 g/mol. The highest BCUT2D eigenvalue weighted by atomic mass is 16.5. The van der Waals surface area contributed by atoms with Crippen LogP contribution in [-0.2, 0) is 11.3 Å². The first-order valence-electron chi connectivity index (χ1n) is 8.09. The number of morpholine rings is 1. The fourth-order valence-corrected chi connectivity index (χ4v) is 2.73. The second-order valence-corrected chi connectivity index (χ2v) is 6.49. The molecule has 1 aliphatic heterocycles. The van der Waals surface area contributed by atoms with Crippen molar-refractivity contribution in [1.82, 2.24) is 9.88 Å². The van der Waals surface area contributed by atoms with Crippen molar-refractivity contribution in [3.05, 3.63) is 59.8 Å². The fraction of sp³-hybridized carbons (Fsp3) is 0.368. The predicted octanol–water partition coefficient (Wildman–Crippen LogP) is 2.91. The van der Waals surface area contributed by atoms with Gasteiger partial charge in [0.05, 0.1) is 12.2 Å². The van der Waals surface area contributed by atoms with E-state index in [1.165, 1.54) is 0 Å². The molecule has 24 heavy (non-hydrogen) atoms. The molecule has 2 heterocycles. The number of hydrogen-bond acceptors (Lipinski definition) is 4. The average molecular weight is 326 g/mol. The molecule has 0 N–H and O–H groups in total. The third-order valence-electron chi connectivity index (χ3n) is 3.92. The number of amides is 1. The quantitative estimate of drug-likeness (QED) is 0.867. The summed E-state index contributed by atoms with van der Waals surface area (Å²) >= 11 is 0. The number of ether oxygens (including phenoxy) is 2. The number of carbonyl (C=O) groups excluding carboxylic acids is 1. The van der Waals surface area contributed by atoms with E-state index in [2.05, 4.69) is 4.98 Å². The minimum absolute atomic E-state index is 0.0154. The van der Waals surface area contributed by atoms with Crippen LogP contribution in [0.1, 0.15) is 29.8 Å². The molecule has 0 atom stereocenters. The van der Waals surface area contributed by atoms with Crippen LogP contribution in [0.15, 0.2) is 48.7 Å². The number of rotatable bonds is 4. The van der Waals surface area contributed by atoms with Gasteiger partial charge in [0.1, 0.15) is 6.61 Å². The molecule has 5 heteroatoms. The molecule has 1 saturated heterocycles. The summed E-state index contributed by atoms with van der Waals surface area (Å²) in [5, 5.41) is 0. The molecule has 126 valence electrons. The Balaban J connectivity index is 1.67. The van der Waals surface area contributed by atoms with Crippen molar-refractivity contribution in [2.24, 2.45) is 0 Å². The third kappa shape index (κ3) is 4.11. The van der Waals surface area contributed by atoms with Crippen LogP contribution in [0.2, 0.25) is 0 Å². The SMILES string of the molecule is CC1(C)CN(C(=O)c2ccnc(OCc3ccccc3)c2)CCO1. The van der Waals surface area contributed by atoms with E-state index >= 15 is 0 Å². The van der Waals surface area contributed by atoms with Crippen molar-refractivity contribution >= 4 is 5.91 Å². The average Bonchev–Trinajstić information content (AvgIpc) is 2.59. The van der Waals surface area contributed by atoms with Crippen LogP contribution in [0.4, 0.5) is 0 Å². The molecule has 0 bridgehead atoms. The van der Waals surface area contributed by atoms with E-state index in [0.29, 0.717) is 37.7 Å². The van der Waals surface area contributed by atoms with Crippen molar-refractivity contribution in [2.75, 3.05) is 19.7 Å². The Morgan fingerprint density at radius 3 is 2.83 bits per heavy atom. The second-order valence-electron chi connectivity index (χ2n) is 6.49. The van der Waals surface area contributed by atoms with Gasteiger partial charge in [0.2, 0.25) is 5.88 Å². The van der Waals surface area contributed by atoms with Gasteiger partial charge in [-0.25, -0.2) is 4.98 Å².